The summed E-state index contributed by atoms with van der Waals surface area (Å²) in [7, 11) is 0. The van der Waals surface area contributed by atoms with Crippen LogP contribution in [-0.2, 0) is 28.8 Å². The van der Waals surface area contributed by atoms with Gasteiger partial charge in [-0.05, 0) is 44.6 Å². The third-order valence-electron chi connectivity index (χ3n) is 5.91. The highest BCUT2D eigenvalue weighted by Gasteiger charge is 2.35. The van der Waals surface area contributed by atoms with Crippen LogP contribution in [0.3, 0.4) is 0 Å². The van der Waals surface area contributed by atoms with Crippen LogP contribution in [0.25, 0.3) is 0 Å². The highest BCUT2D eigenvalue weighted by Crippen LogP contribution is 2.07. The molecule has 0 saturated carbocycles. The van der Waals surface area contributed by atoms with Crippen LogP contribution >= 0.6 is 0 Å². The molecule has 0 aliphatic heterocycles. The molecule has 0 spiro atoms. The molecular weight excluding hydrogens is 516 g/mol. The molecule has 4 amide bonds. The Balaban J connectivity index is 5.78. The first-order chi connectivity index (χ1) is 18.0. The van der Waals surface area contributed by atoms with Crippen LogP contribution in [0, 0.1) is 11.8 Å². The number of amides is 4. The lowest BCUT2D eigenvalue weighted by atomic mass is 10.0. The molecule has 39 heavy (non-hydrogen) atoms. The fourth-order valence-corrected chi connectivity index (χ4v) is 3.40. The summed E-state index contributed by atoms with van der Waals surface area (Å²) < 4.78 is 0. The van der Waals surface area contributed by atoms with Crippen LogP contribution in [-0.4, -0.2) is 93.7 Å². The Kier molecular flexibility index (Phi) is 15.9. The predicted molar refractivity (Wildman–Crippen MR) is 140 cm³/mol. The summed E-state index contributed by atoms with van der Waals surface area (Å²) in [6.45, 7) is 8.04. The maximum Gasteiger partial charge on any atom is 0.326 e. The molecule has 0 aliphatic carbocycles. The monoisotopic (exact) mass is 560 g/mol. The number of aliphatic hydroxyl groups excluding tert-OH is 1. The Morgan fingerprint density at radius 3 is 1.64 bits per heavy atom. The molecule has 0 fully saturated rings. The summed E-state index contributed by atoms with van der Waals surface area (Å²) in [6, 6.07) is -6.73. The average molecular weight is 561 g/mol. The van der Waals surface area contributed by atoms with Gasteiger partial charge in [0.1, 0.15) is 24.2 Å². The number of aliphatic carboxylic acids is 2. The number of nitrogens with two attached hydrogens (primary N) is 2. The molecule has 0 aliphatic rings. The number of hydrogen-bond acceptors (Lipinski definition) is 9. The van der Waals surface area contributed by atoms with Crippen molar-refractivity contribution in [3.8, 4) is 0 Å². The van der Waals surface area contributed by atoms with Gasteiger partial charge in [-0.2, -0.15) is 0 Å². The first-order valence-corrected chi connectivity index (χ1v) is 12.8. The van der Waals surface area contributed by atoms with E-state index in [2.05, 4.69) is 21.3 Å². The molecule has 0 heterocycles. The van der Waals surface area contributed by atoms with Crippen molar-refractivity contribution in [3.05, 3.63) is 0 Å². The van der Waals surface area contributed by atoms with Gasteiger partial charge in [0.15, 0.2) is 0 Å². The van der Waals surface area contributed by atoms with Crippen molar-refractivity contribution < 1.29 is 44.1 Å². The second-order valence-electron chi connectivity index (χ2n) is 10.1. The number of carboxylic acids is 2. The topological polar surface area (TPSA) is 263 Å². The number of unbranched alkanes of at least 4 members (excludes halogenated alkanes) is 1. The van der Waals surface area contributed by atoms with Crippen molar-refractivity contribution in [2.45, 2.75) is 96.6 Å². The number of nitrogens with one attached hydrogen (secondary N) is 4. The largest absolute Gasteiger partial charge is 0.481 e. The molecule has 11 N–H and O–H groups in total. The Labute approximate surface area is 227 Å². The fraction of sp³-hybridized carbons (Fsp3) is 0.750. The molecule has 224 valence electrons. The minimum atomic E-state index is -1.71. The number of carboxylic acid groups (broad SMARTS) is 2. The van der Waals surface area contributed by atoms with Crippen LogP contribution in [0.1, 0.15) is 60.3 Å². The second-order valence-corrected chi connectivity index (χ2v) is 10.1. The molecule has 15 nitrogen and oxygen atoms in total. The summed E-state index contributed by atoms with van der Waals surface area (Å²) in [5.41, 5.74) is 11.4. The molecule has 0 aromatic heterocycles. The van der Waals surface area contributed by atoms with E-state index in [1.807, 2.05) is 0 Å². The number of hydrogen-bond donors (Lipinski definition) is 9. The number of carbonyl (C=O) groups is 6. The van der Waals surface area contributed by atoms with Gasteiger partial charge in [-0.3, -0.25) is 24.0 Å². The van der Waals surface area contributed by atoms with Crippen LogP contribution in [0.15, 0.2) is 0 Å². The van der Waals surface area contributed by atoms with Crippen LogP contribution < -0.4 is 32.7 Å². The first kappa shape index (κ1) is 35.7. The van der Waals surface area contributed by atoms with E-state index >= 15 is 0 Å². The Bertz CT molecular complexity index is 865. The van der Waals surface area contributed by atoms with Gasteiger partial charge in [0, 0.05) is 0 Å². The fourth-order valence-electron chi connectivity index (χ4n) is 3.40. The standard InChI is InChI=1S/C24H44N6O9/c1-11(2)17(26)22(36)27-14(8-6-7-9-25)20(34)30-19(13(5)31)23(37)28-15(10-16(32)33)21(35)29-18(12(3)4)24(38)39/h11-15,17-19,31H,6-10,25-26H2,1-5H3,(H,27,36)(H,28,37)(H,29,35)(H,30,34)(H,32,33)(H,38,39)/t13-,14+,15+,17+,18+,19+/m1/s1. The highest BCUT2D eigenvalue weighted by atomic mass is 16.4. The molecule has 15 heteroatoms. The summed E-state index contributed by atoms with van der Waals surface area (Å²) >= 11 is 0. The van der Waals surface area contributed by atoms with Gasteiger partial charge in [-0.1, -0.05) is 27.7 Å². The minimum absolute atomic E-state index is 0.156. The van der Waals surface area contributed by atoms with E-state index in [1.165, 1.54) is 20.8 Å². The molecule has 0 radical (unpaired) electrons. The molecule has 0 bridgehead atoms. The molecule has 0 rings (SSSR count). The molecule has 6 atom stereocenters. The van der Waals surface area contributed by atoms with Crippen LogP contribution in [0.5, 0.6) is 0 Å². The molecule has 0 unspecified atom stereocenters. The minimum Gasteiger partial charge on any atom is -0.481 e. The Morgan fingerprint density at radius 2 is 1.21 bits per heavy atom. The SMILES string of the molecule is CC(C)[C@H](N)C(=O)N[C@@H](CCCCN)C(=O)N[C@H](C(=O)N[C@@H](CC(=O)O)C(=O)N[C@H](C(=O)O)C(C)C)[C@@H](C)O. The lowest BCUT2D eigenvalue weighted by Crippen LogP contribution is -2.61. The van der Waals surface area contributed by atoms with E-state index in [1.54, 1.807) is 13.8 Å². The normalized spacial score (nSPS) is 15.8. The third-order valence-corrected chi connectivity index (χ3v) is 5.91. The Hall–Kier alpha value is -3.30. The Morgan fingerprint density at radius 1 is 0.692 bits per heavy atom. The van der Waals surface area contributed by atoms with Gasteiger partial charge < -0.3 is 48.1 Å². The maximum absolute atomic E-state index is 13.0. The zero-order valence-electron chi connectivity index (χ0n) is 23.1. The average Bonchev–Trinajstić information content (AvgIpc) is 2.82. The summed E-state index contributed by atoms with van der Waals surface area (Å²) in [4.78, 5) is 73.9. The third kappa shape index (κ3) is 12.9. The van der Waals surface area contributed by atoms with Gasteiger partial charge in [0.25, 0.3) is 0 Å². The van der Waals surface area contributed by atoms with Gasteiger partial charge in [-0.15, -0.1) is 0 Å². The van der Waals surface area contributed by atoms with Crippen LogP contribution in [0.2, 0.25) is 0 Å². The number of carbonyl (C=O) groups excluding carboxylic acids is 4. The van der Waals surface area contributed by atoms with E-state index < -0.39 is 84.2 Å². The zero-order chi connectivity index (χ0) is 30.4. The maximum atomic E-state index is 13.0. The van der Waals surface area contributed by atoms with Crippen molar-refractivity contribution in [1.29, 1.82) is 0 Å². The molecular formula is C24H44N6O9. The van der Waals surface area contributed by atoms with E-state index in [9.17, 15) is 44.1 Å². The summed E-state index contributed by atoms with van der Waals surface area (Å²) in [5.74, 6) is -7.16. The van der Waals surface area contributed by atoms with Crippen molar-refractivity contribution in [1.82, 2.24) is 21.3 Å². The van der Waals surface area contributed by atoms with E-state index in [0.717, 1.165) is 0 Å². The van der Waals surface area contributed by atoms with Crippen molar-refractivity contribution in [2.75, 3.05) is 6.54 Å². The van der Waals surface area contributed by atoms with E-state index in [4.69, 9.17) is 11.5 Å². The quantitative estimate of drug-likeness (QED) is 0.0800. The van der Waals surface area contributed by atoms with Crippen molar-refractivity contribution in [2.24, 2.45) is 23.3 Å². The van der Waals surface area contributed by atoms with E-state index in [0.29, 0.717) is 19.4 Å². The van der Waals surface area contributed by atoms with Gasteiger partial charge >= 0.3 is 11.9 Å². The van der Waals surface area contributed by atoms with Gasteiger partial charge in [0.2, 0.25) is 23.6 Å². The second kappa shape index (κ2) is 17.3. The zero-order valence-corrected chi connectivity index (χ0v) is 23.1. The first-order valence-electron chi connectivity index (χ1n) is 12.8. The molecule has 0 aromatic carbocycles. The molecule has 0 saturated heterocycles. The summed E-state index contributed by atoms with van der Waals surface area (Å²) in [6.07, 6.45) is -1.23. The smallest absolute Gasteiger partial charge is 0.326 e. The lowest BCUT2D eigenvalue weighted by Gasteiger charge is -2.28. The number of rotatable bonds is 18. The van der Waals surface area contributed by atoms with Crippen LogP contribution in [0.4, 0.5) is 0 Å². The van der Waals surface area contributed by atoms with E-state index in [-0.39, 0.29) is 12.3 Å². The highest BCUT2D eigenvalue weighted by molar-refractivity contribution is 5.96. The lowest BCUT2D eigenvalue weighted by molar-refractivity contribution is -0.144. The predicted octanol–water partition coefficient (Wildman–Crippen LogP) is -2.37. The van der Waals surface area contributed by atoms with Crippen molar-refractivity contribution in [3.63, 3.8) is 0 Å². The van der Waals surface area contributed by atoms with Gasteiger partial charge in [0.05, 0.1) is 18.6 Å². The van der Waals surface area contributed by atoms with Crippen molar-refractivity contribution >= 4 is 35.6 Å². The summed E-state index contributed by atoms with van der Waals surface area (Å²) in [5, 5.41) is 37.9. The van der Waals surface area contributed by atoms with Gasteiger partial charge in [-0.25, -0.2) is 4.79 Å². The molecule has 0 aromatic rings. The number of aliphatic hydroxyl groups is 1.